The smallest absolute Gasteiger partial charge is 0.417 e. The fraction of sp³-hybridized carbons (Fsp3) is 0.148. The van der Waals surface area contributed by atoms with Gasteiger partial charge in [0.1, 0.15) is 5.82 Å². The Kier molecular flexibility index (Phi) is 7.20. The summed E-state index contributed by atoms with van der Waals surface area (Å²) in [5.41, 5.74) is 4.36. The van der Waals surface area contributed by atoms with Crippen molar-refractivity contribution >= 4 is 41.1 Å². The molecule has 0 spiro atoms. The highest BCUT2D eigenvalue weighted by molar-refractivity contribution is 6.06. The number of nitrogens with two attached hydrogens (primary N) is 1. The second-order valence-electron chi connectivity index (χ2n) is 8.48. The van der Waals surface area contributed by atoms with Gasteiger partial charge < -0.3 is 21.1 Å². The molecule has 0 aliphatic heterocycles. The number of rotatable bonds is 5. The molecule has 2 aliphatic rings. The second kappa shape index (κ2) is 10.4. The number of anilines is 1. The maximum Gasteiger partial charge on any atom is 0.417 e. The van der Waals surface area contributed by atoms with Gasteiger partial charge in [0.05, 0.1) is 22.2 Å². The molecule has 0 radical (unpaired) electrons. The van der Waals surface area contributed by atoms with Gasteiger partial charge in [0.15, 0.2) is 0 Å². The molecule has 1 aromatic carbocycles. The van der Waals surface area contributed by atoms with E-state index in [4.69, 9.17) is 5.73 Å². The number of hydrogen-bond acceptors (Lipinski definition) is 4. The van der Waals surface area contributed by atoms with Gasteiger partial charge in [-0.25, -0.2) is 9.18 Å². The van der Waals surface area contributed by atoms with E-state index in [0.29, 0.717) is 22.7 Å². The summed E-state index contributed by atoms with van der Waals surface area (Å²) >= 11 is 0. The zero-order chi connectivity index (χ0) is 27.6. The van der Waals surface area contributed by atoms with Gasteiger partial charge in [0.25, 0.3) is 5.91 Å². The molecular formula is C27H22F4N4O3. The van der Waals surface area contributed by atoms with Crippen molar-refractivity contribution in [2.24, 2.45) is 10.7 Å². The van der Waals surface area contributed by atoms with Crippen molar-refractivity contribution < 1.29 is 32.3 Å². The SMILES string of the molecule is CN=CC=C(N)c1cc(C(=O)Nc2c3c([nH]c2=C2C=CC=CC2)=CC=C(C(=O)O)C3)c(F)cc1C(F)(F)F. The Morgan fingerprint density at radius 2 is 1.95 bits per heavy atom. The van der Waals surface area contributed by atoms with Crippen molar-refractivity contribution in [1.29, 1.82) is 0 Å². The Bertz CT molecular complexity index is 1610. The monoisotopic (exact) mass is 526 g/mol. The molecule has 2 aliphatic carbocycles. The van der Waals surface area contributed by atoms with Crippen molar-refractivity contribution in [1.82, 2.24) is 4.98 Å². The summed E-state index contributed by atoms with van der Waals surface area (Å²) in [7, 11) is 1.39. The number of carbonyl (C=O) groups is 2. The number of carboxylic acids is 1. The molecule has 1 amide bonds. The molecule has 5 N–H and O–H groups in total. The third kappa shape index (κ3) is 5.22. The number of nitrogens with zero attached hydrogens (tertiary/aromatic N) is 1. The molecule has 1 heterocycles. The first-order valence-electron chi connectivity index (χ1n) is 11.3. The van der Waals surface area contributed by atoms with Gasteiger partial charge in [-0.15, -0.1) is 0 Å². The van der Waals surface area contributed by atoms with Crippen LogP contribution in [0.15, 0.2) is 59.2 Å². The van der Waals surface area contributed by atoms with Crippen LogP contribution in [0.5, 0.6) is 0 Å². The molecule has 0 atom stereocenters. The molecule has 0 saturated carbocycles. The summed E-state index contributed by atoms with van der Waals surface area (Å²) in [6.07, 6.45) is 8.10. The van der Waals surface area contributed by atoms with Gasteiger partial charge in [-0.1, -0.05) is 24.3 Å². The predicted molar refractivity (Wildman–Crippen MR) is 136 cm³/mol. The third-order valence-electron chi connectivity index (χ3n) is 6.04. The lowest BCUT2D eigenvalue weighted by atomic mass is 9.98. The van der Waals surface area contributed by atoms with Crippen LogP contribution in [0.4, 0.5) is 23.2 Å². The molecule has 38 heavy (non-hydrogen) atoms. The van der Waals surface area contributed by atoms with Gasteiger partial charge in [0.2, 0.25) is 0 Å². The number of fused-ring (bicyclic) bond motifs is 1. The number of carboxylic acid groups (broad SMARTS) is 1. The number of aliphatic imine (C=N–C) groups is 1. The summed E-state index contributed by atoms with van der Waals surface area (Å²) in [6, 6.07) is 0.969. The molecular weight excluding hydrogens is 504 g/mol. The number of aliphatic carboxylic acids is 1. The number of aromatic nitrogens is 1. The summed E-state index contributed by atoms with van der Waals surface area (Å²) in [5.74, 6) is -3.57. The van der Waals surface area contributed by atoms with Crippen molar-refractivity contribution in [3.05, 3.63) is 92.9 Å². The number of benzene rings is 1. The predicted octanol–water partition coefficient (Wildman–Crippen LogP) is 3.44. The number of aromatic amines is 1. The Morgan fingerprint density at radius 3 is 2.58 bits per heavy atom. The van der Waals surface area contributed by atoms with Gasteiger partial charge in [-0.05, 0) is 42.4 Å². The van der Waals surface area contributed by atoms with Crippen molar-refractivity contribution in [2.45, 2.75) is 19.0 Å². The van der Waals surface area contributed by atoms with E-state index in [9.17, 15) is 32.3 Å². The van der Waals surface area contributed by atoms with E-state index in [-0.39, 0.29) is 29.4 Å². The number of carbonyl (C=O) groups excluding carboxylic acids is 1. The lowest BCUT2D eigenvalue weighted by Gasteiger charge is -2.16. The summed E-state index contributed by atoms with van der Waals surface area (Å²) in [6.45, 7) is 0. The Balaban J connectivity index is 1.85. The van der Waals surface area contributed by atoms with Crippen molar-refractivity contribution in [3.63, 3.8) is 0 Å². The lowest BCUT2D eigenvalue weighted by molar-refractivity contribution is -0.138. The fourth-order valence-electron chi connectivity index (χ4n) is 4.19. The summed E-state index contributed by atoms with van der Waals surface area (Å²) < 4.78 is 55.9. The number of alkyl halides is 3. The quantitative estimate of drug-likeness (QED) is 0.352. The first kappa shape index (κ1) is 26.4. The van der Waals surface area contributed by atoms with E-state index in [0.717, 1.165) is 17.7 Å². The average Bonchev–Trinajstić information content (AvgIpc) is 3.24. The van der Waals surface area contributed by atoms with E-state index in [1.807, 2.05) is 12.2 Å². The average molecular weight is 526 g/mol. The topological polar surface area (TPSA) is 121 Å². The Hall–Kier alpha value is -4.67. The number of allylic oxidation sites excluding steroid dienone is 6. The normalized spacial score (nSPS) is 16.8. The van der Waals surface area contributed by atoms with E-state index in [1.165, 1.54) is 19.3 Å². The number of H-pyrrole nitrogens is 1. The highest BCUT2D eigenvalue weighted by atomic mass is 19.4. The van der Waals surface area contributed by atoms with E-state index in [1.54, 1.807) is 18.2 Å². The summed E-state index contributed by atoms with van der Waals surface area (Å²) in [4.78, 5) is 31.7. The molecule has 2 aromatic rings. The first-order chi connectivity index (χ1) is 18.0. The van der Waals surface area contributed by atoms with Crippen LogP contribution >= 0.6 is 0 Å². The maximum atomic E-state index is 14.9. The van der Waals surface area contributed by atoms with Crippen LogP contribution in [0.2, 0.25) is 0 Å². The van der Waals surface area contributed by atoms with E-state index in [2.05, 4.69) is 15.3 Å². The largest absolute Gasteiger partial charge is 0.478 e. The van der Waals surface area contributed by atoms with Crippen LogP contribution in [-0.2, 0) is 17.4 Å². The van der Waals surface area contributed by atoms with Gasteiger partial charge in [-0.3, -0.25) is 9.79 Å². The highest BCUT2D eigenvalue weighted by Gasteiger charge is 2.36. The van der Waals surface area contributed by atoms with Gasteiger partial charge >= 0.3 is 12.1 Å². The standard InChI is InChI=1S/C27H22F4N4O3/c1-33-10-9-21(32)16-12-17(20(28)13-19(16)27(29,30)31)25(36)35-24-18-11-15(26(37)38)7-8-22(18)34-23(24)14-5-3-2-4-6-14/h2-5,7-10,12-13,34H,6,11,32H2,1H3,(H,35,36)(H,37,38). The van der Waals surface area contributed by atoms with E-state index < -0.39 is 40.6 Å². The van der Waals surface area contributed by atoms with Gasteiger partial charge in [0, 0.05) is 47.4 Å². The maximum absolute atomic E-state index is 14.9. The van der Waals surface area contributed by atoms with Crippen LogP contribution in [-0.4, -0.2) is 35.2 Å². The van der Waals surface area contributed by atoms with Crippen LogP contribution in [0, 0.1) is 5.82 Å². The molecule has 7 nitrogen and oxygen atoms in total. The molecule has 0 unspecified atom stereocenters. The minimum Gasteiger partial charge on any atom is -0.478 e. The van der Waals surface area contributed by atoms with Crippen molar-refractivity contribution in [3.8, 4) is 0 Å². The third-order valence-corrected chi connectivity index (χ3v) is 6.04. The van der Waals surface area contributed by atoms with Crippen LogP contribution in [0.25, 0.3) is 17.3 Å². The number of nitrogens with one attached hydrogen (secondary N) is 2. The number of hydrogen-bond donors (Lipinski definition) is 4. The second-order valence-corrected chi connectivity index (χ2v) is 8.48. The van der Waals surface area contributed by atoms with E-state index >= 15 is 0 Å². The zero-order valence-electron chi connectivity index (χ0n) is 20.0. The molecule has 11 heteroatoms. The lowest BCUT2D eigenvalue weighted by Crippen LogP contribution is -2.23. The Labute approximate surface area is 213 Å². The fourth-order valence-corrected chi connectivity index (χ4v) is 4.19. The molecule has 0 fully saturated rings. The molecule has 4 rings (SSSR count). The first-order valence-corrected chi connectivity index (χ1v) is 11.3. The van der Waals surface area contributed by atoms with Crippen LogP contribution in [0.3, 0.4) is 0 Å². The van der Waals surface area contributed by atoms with Crippen LogP contribution in [0.1, 0.15) is 33.5 Å². The highest BCUT2D eigenvalue weighted by Crippen LogP contribution is 2.35. The molecule has 0 saturated heterocycles. The van der Waals surface area contributed by atoms with Crippen LogP contribution < -0.4 is 21.7 Å². The molecule has 1 aromatic heterocycles. The summed E-state index contributed by atoms with van der Waals surface area (Å²) in [5, 5.41) is 13.1. The van der Waals surface area contributed by atoms with Crippen molar-refractivity contribution in [2.75, 3.05) is 12.4 Å². The molecule has 196 valence electrons. The minimum atomic E-state index is -4.94. The minimum absolute atomic E-state index is 0.0348. The van der Waals surface area contributed by atoms with Gasteiger partial charge in [-0.2, -0.15) is 13.2 Å². The molecule has 0 bridgehead atoms. The zero-order valence-corrected chi connectivity index (χ0v) is 20.0. The number of halogens is 4. The number of amides is 1. The Morgan fingerprint density at radius 1 is 1.18 bits per heavy atom.